The molecule has 1 saturated heterocycles. The lowest BCUT2D eigenvalue weighted by Gasteiger charge is -2.28. The SMILES string of the molecule is CCC(C)(O)C(=O)C1CCCOC1. The van der Waals surface area contributed by atoms with Crippen molar-refractivity contribution in [2.45, 2.75) is 38.7 Å². The highest BCUT2D eigenvalue weighted by atomic mass is 16.5. The van der Waals surface area contributed by atoms with Crippen molar-refractivity contribution in [3.63, 3.8) is 0 Å². The molecule has 0 aliphatic carbocycles. The topological polar surface area (TPSA) is 46.5 Å². The van der Waals surface area contributed by atoms with Crippen LogP contribution in [0.3, 0.4) is 0 Å². The molecule has 1 aliphatic heterocycles. The number of rotatable bonds is 3. The van der Waals surface area contributed by atoms with Gasteiger partial charge in [-0.3, -0.25) is 4.79 Å². The van der Waals surface area contributed by atoms with Crippen LogP contribution in [0.25, 0.3) is 0 Å². The van der Waals surface area contributed by atoms with Crippen LogP contribution in [0.5, 0.6) is 0 Å². The molecular weight excluding hydrogens is 168 g/mol. The molecule has 3 heteroatoms. The summed E-state index contributed by atoms with van der Waals surface area (Å²) in [6.07, 6.45) is 2.26. The summed E-state index contributed by atoms with van der Waals surface area (Å²) in [5.74, 6) is -0.154. The Hall–Kier alpha value is -0.410. The van der Waals surface area contributed by atoms with Gasteiger partial charge in [-0.1, -0.05) is 6.92 Å². The second kappa shape index (κ2) is 4.20. The van der Waals surface area contributed by atoms with Crippen molar-refractivity contribution in [1.82, 2.24) is 0 Å². The van der Waals surface area contributed by atoms with E-state index in [0.717, 1.165) is 19.4 Å². The molecule has 0 amide bonds. The van der Waals surface area contributed by atoms with Gasteiger partial charge in [-0.2, -0.15) is 0 Å². The summed E-state index contributed by atoms with van der Waals surface area (Å²) in [5.41, 5.74) is -1.16. The van der Waals surface area contributed by atoms with Crippen LogP contribution >= 0.6 is 0 Å². The summed E-state index contributed by atoms with van der Waals surface area (Å²) >= 11 is 0. The molecule has 0 radical (unpaired) electrons. The fourth-order valence-electron chi connectivity index (χ4n) is 1.56. The quantitative estimate of drug-likeness (QED) is 0.719. The lowest BCUT2D eigenvalue weighted by atomic mass is 9.85. The van der Waals surface area contributed by atoms with Crippen molar-refractivity contribution in [1.29, 1.82) is 0 Å². The Kier molecular flexibility index (Phi) is 3.45. The summed E-state index contributed by atoms with van der Waals surface area (Å²) in [5, 5.41) is 9.74. The number of carbonyl (C=O) groups is 1. The van der Waals surface area contributed by atoms with Gasteiger partial charge in [0.25, 0.3) is 0 Å². The van der Waals surface area contributed by atoms with Crippen molar-refractivity contribution in [2.75, 3.05) is 13.2 Å². The van der Waals surface area contributed by atoms with Gasteiger partial charge in [0.2, 0.25) is 0 Å². The average Bonchev–Trinajstić information content (AvgIpc) is 2.18. The van der Waals surface area contributed by atoms with Crippen LogP contribution in [0.2, 0.25) is 0 Å². The molecule has 0 bridgehead atoms. The zero-order valence-corrected chi connectivity index (χ0v) is 8.38. The molecule has 1 N–H and O–H groups in total. The van der Waals surface area contributed by atoms with Crippen molar-refractivity contribution < 1.29 is 14.6 Å². The van der Waals surface area contributed by atoms with Crippen LogP contribution in [0.4, 0.5) is 0 Å². The minimum atomic E-state index is -1.16. The third-order valence-electron chi connectivity index (χ3n) is 2.75. The Morgan fingerprint density at radius 1 is 1.69 bits per heavy atom. The minimum absolute atomic E-state index is 0.0605. The van der Waals surface area contributed by atoms with Crippen molar-refractivity contribution >= 4 is 5.78 Å². The third-order valence-corrected chi connectivity index (χ3v) is 2.75. The number of aliphatic hydroxyl groups is 1. The molecular formula is C10H18O3. The Bertz CT molecular complexity index is 181. The number of ether oxygens (including phenoxy) is 1. The standard InChI is InChI=1S/C10H18O3/c1-3-10(2,12)9(11)8-5-4-6-13-7-8/h8,12H,3-7H2,1-2H3. The maximum absolute atomic E-state index is 11.7. The van der Waals surface area contributed by atoms with Gasteiger partial charge in [0.05, 0.1) is 6.61 Å². The molecule has 2 unspecified atom stereocenters. The predicted octanol–water partition coefficient (Wildman–Crippen LogP) is 1.14. The van der Waals surface area contributed by atoms with Gasteiger partial charge in [0.15, 0.2) is 5.78 Å². The highest BCUT2D eigenvalue weighted by Gasteiger charge is 2.34. The van der Waals surface area contributed by atoms with E-state index >= 15 is 0 Å². The maximum atomic E-state index is 11.7. The summed E-state index contributed by atoms with van der Waals surface area (Å²) in [4.78, 5) is 11.7. The lowest BCUT2D eigenvalue weighted by molar-refractivity contribution is -0.144. The molecule has 0 aromatic carbocycles. The smallest absolute Gasteiger partial charge is 0.169 e. The summed E-state index contributed by atoms with van der Waals surface area (Å²) in [6, 6.07) is 0. The van der Waals surface area contributed by atoms with Crippen LogP contribution in [-0.2, 0) is 9.53 Å². The fraction of sp³-hybridized carbons (Fsp3) is 0.900. The Morgan fingerprint density at radius 3 is 2.85 bits per heavy atom. The van der Waals surface area contributed by atoms with Crippen LogP contribution in [0, 0.1) is 5.92 Å². The molecule has 1 heterocycles. The van der Waals surface area contributed by atoms with Crippen molar-refractivity contribution in [2.24, 2.45) is 5.92 Å². The molecule has 1 aliphatic rings. The van der Waals surface area contributed by atoms with E-state index < -0.39 is 5.60 Å². The number of ketones is 1. The Balaban J connectivity index is 2.55. The zero-order chi connectivity index (χ0) is 9.90. The van der Waals surface area contributed by atoms with Gasteiger partial charge >= 0.3 is 0 Å². The summed E-state index contributed by atoms with van der Waals surface area (Å²) in [7, 11) is 0. The first-order valence-corrected chi connectivity index (χ1v) is 4.92. The van der Waals surface area contributed by atoms with Gasteiger partial charge in [0, 0.05) is 12.5 Å². The van der Waals surface area contributed by atoms with Crippen molar-refractivity contribution in [3.05, 3.63) is 0 Å². The number of Topliss-reactive ketones (excluding diaryl/α,β-unsaturated/α-hetero) is 1. The molecule has 2 atom stereocenters. The van der Waals surface area contributed by atoms with E-state index in [1.54, 1.807) is 6.92 Å². The molecule has 0 aromatic rings. The fourth-order valence-corrected chi connectivity index (χ4v) is 1.56. The van der Waals surface area contributed by atoms with E-state index in [1.165, 1.54) is 0 Å². The first-order chi connectivity index (χ1) is 6.08. The molecule has 0 saturated carbocycles. The summed E-state index contributed by atoms with van der Waals surface area (Å²) in [6.45, 7) is 4.64. The first kappa shape index (κ1) is 10.7. The van der Waals surface area contributed by atoms with E-state index in [2.05, 4.69) is 0 Å². The van der Waals surface area contributed by atoms with Crippen molar-refractivity contribution in [3.8, 4) is 0 Å². The number of hydrogen-bond donors (Lipinski definition) is 1. The Morgan fingerprint density at radius 2 is 2.38 bits per heavy atom. The number of carbonyl (C=O) groups excluding carboxylic acids is 1. The zero-order valence-electron chi connectivity index (χ0n) is 8.38. The van der Waals surface area contributed by atoms with Crippen LogP contribution < -0.4 is 0 Å². The van der Waals surface area contributed by atoms with E-state index in [1.807, 2.05) is 6.92 Å². The molecule has 0 spiro atoms. The minimum Gasteiger partial charge on any atom is -0.382 e. The van der Waals surface area contributed by atoms with Crippen LogP contribution in [0.15, 0.2) is 0 Å². The van der Waals surface area contributed by atoms with E-state index in [-0.39, 0.29) is 11.7 Å². The highest BCUT2D eigenvalue weighted by molar-refractivity contribution is 5.88. The predicted molar refractivity (Wildman–Crippen MR) is 49.5 cm³/mol. The average molecular weight is 186 g/mol. The van der Waals surface area contributed by atoms with Crippen LogP contribution in [-0.4, -0.2) is 29.7 Å². The highest BCUT2D eigenvalue weighted by Crippen LogP contribution is 2.22. The lowest BCUT2D eigenvalue weighted by Crippen LogP contribution is -2.42. The molecule has 1 rings (SSSR count). The molecule has 1 fully saturated rings. The second-order valence-electron chi connectivity index (χ2n) is 3.91. The Labute approximate surface area is 79.1 Å². The van der Waals surface area contributed by atoms with Gasteiger partial charge in [0.1, 0.15) is 5.60 Å². The van der Waals surface area contributed by atoms with Gasteiger partial charge in [-0.15, -0.1) is 0 Å². The molecule has 0 aromatic heterocycles. The third kappa shape index (κ3) is 2.51. The van der Waals surface area contributed by atoms with E-state index in [0.29, 0.717) is 13.0 Å². The van der Waals surface area contributed by atoms with E-state index in [4.69, 9.17) is 4.74 Å². The molecule has 13 heavy (non-hydrogen) atoms. The summed E-state index contributed by atoms with van der Waals surface area (Å²) < 4.78 is 5.21. The first-order valence-electron chi connectivity index (χ1n) is 4.92. The molecule has 76 valence electrons. The van der Waals surface area contributed by atoms with Gasteiger partial charge in [-0.25, -0.2) is 0 Å². The largest absolute Gasteiger partial charge is 0.382 e. The maximum Gasteiger partial charge on any atom is 0.169 e. The van der Waals surface area contributed by atoms with E-state index in [9.17, 15) is 9.90 Å². The molecule has 3 nitrogen and oxygen atoms in total. The van der Waals surface area contributed by atoms with Gasteiger partial charge in [-0.05, 0) is 26.2 Å². The monoisotopic (exact) mass is 186 g/mol. The second-order valence-corrected chi connectivity index (χ2v) is 3.91. The number of hydrogen-bond acceptors (Lipinski definition) is 3. The normalized spacial score (nSPS) is 28.1. The van der Waals surface area contributed by atoms with Crippen LogP contribution in [0.1, 0.15) is 33.1 Å². The van der Waals surface area contributed by atoms with Gasteiger partial charge < -0.3 is 9.84 Å².